The first kappa shape index (κ1) is 11.5. The van der Waals surface area contributed by atoms with Crippen LogP contribution < -0.4 is 5.32 Å². The van der Waals surface area contributed by atoms with Crippen LogP contribution in [0.1, 0.15) is 24.9 Å². The molecule has 1 aromatic heterocycles. The van der Waals surface area contributed by atoms with Crippen LogP contribution in [-0.4, -0.2) is 25.5 Å². The second kappa shape index (κ2) is 5.34. The maximum Gasteiger partial charge on any atom is 0.0649 e. The van der Waals surface area contributed by atoms with Gasteiger partial charge in [-0.15, -0.1) is 23.1 Å². The Morgan fingerprint density at radius 1 is 1.60 bits per heavy atom. The van der Waals surface area contributed by atoms with Crippen molar-refractivity contribution in [1.82, 2.24) is 5.32 Å². The average Bonchev–Trinajstić information content (AvgIpc) is 2.65. The molecule has 1 aliphatic rings. The number of hydrogen-bond donors (Lipinski definition) is 1. The number of nitrogens with one attached hydrogen (secondary N) is 1. The van der Waals surface area contributed by atoms with Crippen LogP contribution in [0.2, 0.25) is 0 Å². The molecule has 2 rings (SSSR count). The Kier molecular flexibility index (Phi) is 4.08. The summed E-state index contributed by atoms with van der Waals surface area (Å²) < 4.78 is 6.55. The third-order valence-corrected chi connectivity index (χ3v) is 4.95. The Morgan fingerprint density at radius 2 is 2.47 bits per heavy atom. The number of hydrogen-bond acceptors (Lipinski definition) is 4. The molecule has 1 N–H and O–H groups in total. The molecule has 0 aromatic carbocycles. The van der Waals surface area contributed by atoms with E-state index >= 15 is 0 Å². The second-order valence-electron chi connectivity index (χ2n) is 3.83. The van der Waals surface area contributed by atoms with Crippen molar-refractivity contribution in [3.05, 3.63) is 17.0 Å². The van der Waals surface area contributed by atoms with Crippen LogP contribution in [0.4, 0.5) is 0 Å². The molecule has 4 heteroatoms. The first-order chi connectivity index (χ1) is 7.31. The SMILES string of the molecule is COCCNC1C[C@H](C)Sc2sccc21. The lowest BCUT2D eigenvalue weighted by atomic mass is 10.1. The number of methoxy groups -OCH3 is 1. The molecule has 15 heavy (non-hydrogen) atoms. The monoisotopic (exact) mass is 243 g/mol. The van der Waals surface area contributed by atoms with Crippen molar-refractivity contribution < 1.29 is 4.74 Å². The van der Waals surface area contributed by atoms with E-state index in [1.54, 1.807) is 7.11 Å². The lowest BCUT2D eigenvalue weighted by Gasteiger charge is -2.27. The van der Waals surface area contributed by atoms with E-state index in [1.807, 2.05) is 23.1 Å². The molecule has 0 bridgehead atoms. The Morgan fingerprint density at radius 3 is 3.27 bits per heavy atom. The van der Waals surface area contributed by atoms with Gasteiger partial charge in [-0.1, -0.05) is 6.92 Å². The molecule has 0 aliphatic carbocycles. The highest BCUT2D eigenvalue weighted by Crippen LogP contribution is 2.43. The number of ether oxygens (including phenoxy) is 1. The highest BCUT2D eigenvalue weighted by Gasteiger charge is 2.25. The van der Waals surface area contributed by atoms with Crippen LogP contribution in [0, 0.1) is 0 Å². The summed E-state index contributed by atoms with van der Waals surface area (Å²) in [4.78, 5) is 0. The Hall–Kier alpha value is -0.0300. The van der Waals surface area contributed by atoms with Gasteiger partial charge in [0.1, 0.15) is 0 Å². The van der Waals surface area contributed by atoms with E-state index in [0.29, 0.717) is 6.04 Å². The lowest BCUT2D eigenvalue weighted by Crippen LogP contribution is -2.28. The van der Waals surface area contributed by atoms with Gasteiger partial charge in [-0.2, -0.15) is 0 Å². The smallest absolute Gasteiger partial charge is 0.0649 e. The summed E-state index contributed by atoms with van der Waals surface area (Å²) in [6.07, 6.45) is 1.22. The van der Waals surface area contributed by atoms with E-state index in [1.165, 1.54) is 16.2 Å². The average molecular weight is 243 g/mol. The Bertz CT molecular complexity index is 313. The number of thioether (sulfide) groups is 1. The molecule has 0 saturated carbocycles. The Balaban J connectivity index is 2.00. The molecule has 2 heterocycles. The first-order valence-corrected chi connectivity index (χ1v) is 7.03. The number of fused-ring (bicyclic) bond motifs is 1. The summed E-state index contributed by atoms with van der Waals surface area (Å²) in [5, 5.41) is 6.48. The highest BCUT2D eigenvalue weighted by atomic mass is 32.2. The quantitative estimate of drug-likeness (QED) is 0.822. The molecule has 2 nitrogen and oxygen atoms in total. The molecule has 1 aromatic rings. The fraction of sp³-hybridized carbons (Fsp3) is 0.636. The van der Waals surface area contributed by atoms with Gasteiger partial charge in [0, 0.05) is 24.9 Å². The van der Waals surface area contributed by atoms with E-state index in [9.17, 15) is 0 Å². The molecular weight excluding hydrogens is 226 g/mol. The molecule has 0 saturated heterocycles. The molecule has 84 valence electrons. The standard InChI is InChI=1S/C11H17NOS2/c1-8-7-10(12-4-5-13-2)9-3-6-14-11(9)15-8/h3,6,8,10,12H,4-5,7H2,1-2H3/t8-,10?/m0/s1. The molecule has 2 atom stereocenters. The predicted molar refractivity (Wildman–Crippen MR) is 66.9 cm³/mol. The lowest BCUT2D eigenvalue weighted by molar-refractivity contribution is 0.195. The summed E-state index contributed by atoms with van der Waals surface area (Å²) >= 11 is 3.87. The van der Waals surface area contributed by atoms with E-state index in [0.717, 1.165) is 18.4 Å². The minimum absolute atomic E-state index is 0.526. The van der Waals surface area contributed by atoms with Crippen LogP contribution in [0.5, 0.6) is 0 Å². The van der Waals surface area contributed by atoms with Crippen molar-refractivity contribution in [1.29, 1.82) is 0 Å². The van der Waals surface area contributed by atoms with Crippen molar-refractivity contribution in [3.63, 3.8) is 0 Å². The van der Waals surface area contributed by atoms with E-state index < -0.39 is 0 Å². The van der Waals surface area contributed by atoms with E-state index in [-0.39, 0.29) is 0 Å². The van der Waals surface area contributed by atoms with Crippen molar-refractivity contribution >= 4 is 23.1 Å². The van der Waals surface area contributed by atoms with Crippen molar-refractivity contribution in [2.75, 3.05) is 20.3 Å². The van der Waals surface area contributed by atoms with Crippen molar-refractivity contribution in [2.24, 2.45) is 0 Å². The molecule has 0 spiro atoms. The van der Waals surface area contributed by atoms with Gasteiger partial charge in [0.15, 0.2) is 0 Å². The fourth-order valence-electron chi connectivity index (χ4n) is 1.88. The van der Waals surface area contributed by atoms with Crippen molar-refractivity contribution in [3.8, 4) is 0 Å². The van der Waals surface area contributed by atoms with Crippen LogP contribution in [0.25, 0.3) is 0 Å². The molecule has 0 fully saturated rings. The van der Waals surface area contributed by atoms with E-state index in [2.05, 4.69) is 23.7 Å². The second-order valence-corrected chi connectivity index (χ2v) is 6.45. The maximum absolute atomic E-state index is 5.06. The van der Waals surface area contributed by atoms with Gasteiger partial charge in [0.05, 0.1) is 10.8 Å². The van der Waals surface area contributed by atoms with Gasteiger partial charge in [-0.05, 0) is 23.4 Å². The largest absolute Gasteiger partial charge is 0.383 e. The number of thiophene rings is 1. The van der Waals surface area contributed by atoms with Gasteiger partial charge in [-0.3, -0.25) is 0 Å². The first-order valence-electron chi connectivity index (χ1n) is 5.27. The van der Waals surface area contributed by atoms with Crippen LogP contribution >= 0.6 is 23.1 Å². The number of rotatable bonds is 4. The third-order valence-electron chi connectivity index (χ3n) is 2.61. The summed E-state index contributed by atoms with van der Waals surface area (Å²) in [6, 6.07) is 2.78. The predicted octanol–water partition coefficient (Wildman–Crippen LogP) is 2.91. The van der Waals surface area contributed by atoms with E-state index in [4.69, 9.17) is 4.74 Å². The summed E-state index contributed by atoms with van der Waals surface area (Å²) in [6.45, 7) is 4.03. The molecule has 0 radical (unpaired) electrons. The van der Waals surface area contributed by atoms with Crippen LogP contribution in [-0.2, 0) is 4.74 Å². The zero-order valence-corrected chi connectivity index (χ0v) is 10.8. The minimum atomic E-state index is 0.526. The molecule has 1 aliphatic heterocycles. The molecule has 0 amide bonds. The van der Waals surface area contributed by atoms with Crippen LogP contribution in [0.15, 0.2) is 15.7 Å². The normalized spacial score (nSPS) is 25.2. The van der Waals surface area contributed by atoms with Gasteiger partial charge >= 0.3 is 0 Å². The minimum Gasteiger partial charge on any atom is -0.383 e. The summed E-state index contributed by atoms with van der Waals surface area (Å²) in [7, 11) is 1.75. The fourth-order valence-corrected chi connectivity index (χ4v) is 4.44. The van der Waals surface area contributed by atoms with Gasteiger partial charge in [-0.25, -0.2) is 0 Å². The van der Waals surface area contributed by atoms with Gasteiger partial charge in [0.25, 0.3) is 0 Å². The van der Waals surface area contributed by atoms with Crippen LogP contribution in [0.3, 0.4) is 0 Å². The Labute approximate surface area is 99.4 Å². The molecular formula is C11H17NOS2. The molecule has 1 unspecified atom stereocenters. The zero-order chi connectivity index (χ0) is 10.7. The third kappa shape index (κ3) is 2.75. The van der Waals surface area contributed by atoms with Crippen molar-refractivity contribution in [2.45, 2.75) is 28.8 Å². The zero-order valence-electron chi connectivity index (χ0n) is 9.16. The summed E-state index contributed by atoms with van der Waals surface area (Å²) in [5.74, 6) is 0. The van der Waals surface area contributed by atoms with Gasteiger partial charge in [0.2, 0.25) is 0 Å². The summed E-state index contributed by atoms with van der Waals surface area (Å²) in [5.41, 5.74) is 1.49. The maximum atomic E-state index is 5.06. The van der Waals surface area contributed by atoms with Gasteiger partial charge < -0.3 is 10.1 Å². The topological polar surface area (TPSA) is 21.3 Å². The highest BCUT2D eigenvalue weighted by molar-refractivity contribution is 8.01.